The molecule has 0 radical (unpaired) electrons. The fourth-order valence-electron chi connectivity index (χ4n) is 2.55. The van der Waals surface area contributed by atoms with Crippen LogP contribution >= 0.6 is 0 Å². The second-order valence-corrected chi connectivity index (χ2v) is 4.99. The molecule has 0 bridgehead atoms. The van der Waals surface area contributed by atoms with Crippen molar-refractivity contribution in [2.75, 3.05) is 11.9 Å². The molecular formula is C12H15N3O5. The zero-order valence-electron chi connectivity index (χ0n) is 10.7. The molecule has 2 N–H and O–H groups in total. The SMILES string of the molecule is O=[N+]([O-])c1ccc(NC2(CO)CCCC2)c([N+](=O)[O-])c1. The van der Waals surface area contributed by atoms with E-state index in [0.29, 0.717) is 0 Å². The van der Waals surface area contributed by atoms with Gasteiger partial charge in [-0.25, -0.2) is 0 Å². The average molecular weight is 281 g/mol. The van der Waals surface area contributed by atoms with Crippen LogP contribution in [0.2, 0.25) is 0 Å². The highest BCUT2D eigenvalue weighted by atomic mass is 16.6. The van der Waals surface area contributed by atoms with Gasteiger partial charge in [0.05, 0.1) is 28.1 Å². The summed E-state index contributed by atoms with van der Waals surface area (Å²) in [6, 6.07) is 3.48. The molecule has 0 amide bonds. The lowest BCUT2D eigenvalue weighted by molar-refractivity contribution is -0.393. The number of nitrogens with one attached hydrogen (secondary N) is 1. The van der Waals surface area contributed by atoms with Gasteiger partial charge in [-0.1, -0.05) is 12.8 Å². The Morgan fingerprint density at radius 3 is 2.35 bits per heavy atom. The summed E-state index contributed by atoms with van der Waals surface area (Å²) in [5.74, 6) is 0. The molecule has 1 saturated carbocycles. The van der Waals surface area contributed by atoms with Gasteiger partial charge in [0.15, 0.2) is 0 Å². The molecule has 1 aliphatic carbocycles. The van der Waals surface area contributed by atoms with E-state index in [9.17, 15) is 25.3 Å². The third-order valence-corrected chi connectivity index (χ3v) is 3.65. The van der Waals surface area contributed by atoms with Gasteiger partial charge in [-0.15, -0.1) is 0 Å². The van der Waals surface area contributed by atoms with E-state index in [1.54, 1.807) is 0 Å². The third kappa shape index (κ3) is 2.69. The summed E-state index contributed by atoms with van der Waals surface area (Å²) in [7, 11) is 0. The van der Waals surface area contributed by atoms with Crippen LogP contribution in [-0.2, 0) is 0 Å². The molecule has 0 saturated heterocycles. The maximum Gasteiger partial charge on any atom is 0.299 e. The van der Waals surface area contributed by atoms with Crippen LogP contribution < -0.4 is 5.32 Å². The number of nitro benzene ring substituents is 2. The molecular weight excluding hydrogens is 266 g/mol. The van der Waals surface area contributed by atoms with Crippen LogP contribution in [-0.4, -0.2) is 27.1 Å². The molecule has 2 rings (SSSR count). The first-order chi connectivity index (χ1) is 9.47. The molecule has 1 aromatic rings. The van der Waals surface area contributed by atoms with Crippen molar-refractivity contribution in [3.63, 3.8) is 0 Å². The second kappa shape index (κ2) is 5.41. The number of hydrogen-bond acceptors (Lipinski definition) is 6. The van der Waals surface area contributed by atoms with E-state index in [2.05, 4.69) is 5.32 Å². The highest BCUT2D eigenvalue weighted by Gasteiger charge is 2.35. The molecule has 0 aliphatic heterocycles. The minimum absolute atomic E-state index is 0.124. The van der Waals surface area contributed by atoms with E-state index < -0.39 is 15.4 Å². The van der Waals surface area contributed by atoms with Crippen molar-refractivity contribution >= 4 is 17.1 Å². The van der Waals surface area contributed by atoms with E-state index in [0.717, 1.165) is 31.7 Å². The van der Waals surface area contributed by atoms with Gasteiger partial charge in [0.2, 0.25) is 0 Å². The first kappa shape index (κ1) is 14.2. The lowest BCUT2D eigenvalue weighted by Gasteiger charge is -2.28. The van der Waals surface area contributed by atoms with Gasteiger partial charge < -0.3 is 10.4 Å². The molecule has 0 heterocycles. The van der Waals surface area contributed by atoms with Crippen molar-refractivity contribution in [3.8, 4) is 0 Å². The molecule has 8 heteroatoms. The van der Waals surface area contributed by atoms with Crippen molar-refractivity contribution in [2.24, 2.45) is 0 Å². The zero-order valence-corrected chi connectivity index (χ0v) is 10.7. The van der Waals surface area contributed by atoms with Gasteiger partial charge in [0.1, 0.15) is 5.69 Å². The van der Waals surface area contributed by atoms with Gasteiger partial charge in [0, 0.05) is 6.07 Å². The Morgan fingerprint density at radius 2 is 1.85 bits per heavy atom. The molecule has 0 unspecified atom stereocenters. The van der Waals surface area contributed by atoms with E-state index in [1.807, 2.05) is 0 Å². The Labute approximate surface area is 114 Å². The minimum Gasteiger partial charge on any atom is -0.394 e. The number of rotatable bonds is 5. The van der Waals surface area contributed by atoms with Crippen LogP contribution in [0.25, 0.3) is 0 Å². The molecule has 0 atom stereocenters. The van der Waals surface area contributed by atoms with E-state index in [-0.39, 0.29) is 23.7 Å². The lowest BCUT2D eigenvalue weighted by atomic mass is 9.98. The Balaban J connectivity index is 2.35. The van der Waals surface area contributed by atoms with Crippen LogP contribution in [0.5, 0.6) is 0 Å². The fourth-order valence-corrected chi connectivity index (χ4v) is 2.55. The highest BCUT2D eigenvalue weighted by molar-refractivity contribution is 5.66. The first-order valence-corrected chi connectivity index (χ1v) is 6.29. The molecule has 0 spiro atoms. The maximum absolute atomic E-state index is 11.0. The Morgan fingerprint density at radius 1 is 1.20 bits per heavy atom. The molecule has 8 nitrogen and oxygen atoms in total. The quantitative estimate of drug-likeness (QED) is 0.631. The van der Waals surface area contributed by atoms with Gasteiger partial charge in [-0.3, -0.25) is 20.2 Å². The van der Waals surface area contributed by atoms with Crippen molar-refractivity contribution in [1.29, 1.82) is 0 Å². The van der Waals surface area contributed by atoms with Gasteiger partial charge in [-0.05, 0) is 18.9 Å². The van der Waals surface area contributed by atoms with Crippen LogP contribution in [0.15, 0.2) is 18.2 Å². The molecule has 1 aliphatic rings. The van der Waals surface area contributed by atoms with Crippen LogP contribution in [0.1, 0.15) is 25.7 Å². The Hall–Kier alpha value is -2.22. The van der Waals surface area contributed by atoms with E-state index >= 15 is 0 Å². The average Bonchev–Trinajstić information content (AvgIpc) is 2.88. The smallest absolute Gasteiger partial charge is 0.299 e. The summed E-state index contributed by atoms with van der Waals surface area (Å²) in [5.41, 5.74) is -1.04. The number of anilines is 1. The number of non-ortho nitro benzene ring substituents is 1. The van der Waals surface area contributed by atoms with Crippen LogP contribution in [0, 0.1) is 20.2 Å². The largest absolute Gasteiger partial charge is 0.394 e. The zero-order chi connectivity index (χ0) is 14.8. The topological polar surface area (TPSA) is 119 Å². The number of nitro groups is 2. The van der Waals surface area contributed by atoms with Gasteiger partial charge in [-0.2, -0.15) is 0 Å². The number of hydrogen-bond donors (Lipinski definition) is 2. The van der Waals surface area contributed by atoms with Crippen molar-refractivity contribution in [3.05, 3.63) is 38.4 Å². The Bertz CT molecular complexity index is 540. The Kier molecular flexibility index (Phi) is 3.84. The number of aliphatic hydroxyl groups is 1. The standard InChI is InChI=1S/C12H15N3O5/c16-8-12(5-1-2-6-12)13-10-4-3-9(14(17)18)7-11(10)15(19)20/h3-4,7,13,16H,1-2,5-6,8H2. The first-order valence-electron chi connectivity index (χ1n) is 6.29. The normalized spacial score (nSPS) is 16.9. The maximum atomic E-state index is 11.0. The molecule has 108 valence electrons. The molecule has 1 fully saturated rings. The number of aliphatic hydroxyl groups excluding tert-OH is 1. The van der Waals surface area contributed by atoms with E-state index in [4.69, 9.17) is 0 Å². The van der Waals surface area contributed by atoms with Gasteiger partial charge >= 0.3 is 0 Å². The summed E-state index contributed by atoms with van der Waals surface area (Å²) in [6.45, 7) is -0.124. The summed E-state index contributed by atoms with van der Waals surface area (Å²) in [5, 5.41) is 34.2. The number of nitrogens with zero attached hydrogens (tertiary/aromatic N) is 2. The molecule has 20 heavy (non-hydrogen) atoms. The molecule has 0 aromatic heterocycles. The summed E-state index contributed by atoms with van der Waals surface area (Å²) in [6.07, 6.45) is 3.32. The highest BCUT2D eigenvalue weighted by Crippen LogP contribution is 2.37. The predicted molar refractivity (Wildman–Crippen MR) is 71.7 cm³/mol. The summed E-state index contributed by atoms with van der Waals surface area (Å²) < 4.78 is 0. The predicted octanol–water partition coefficient (Wildman–Crippen LogP) is 2.22. The van der Waals surface area contributed by atoms with Crippen LogP contribution in [0.4, 0.5) is 17.1 Å². The van der Waals surface area contributed by atoms with Crippen molar-refractivity contribution in [2.45, 2.75) is 31.2 Å². The second-order valence-electron chi connectivity index (χ2n) is 4.99. The van der Waals surface area contributed by atoms with Gasteiger partial charge in [0.25, 0.3) is 11.4 Å². The van der Waals surface area contributed by atoms with E-state index in [1.165, 1.54) is 12.1 Å². The van der Waals surface area contributed by atoms with Crippen LogP contribution in [0.3, 0.4) is 0 Å². The van der Waals surface area contributed by atoms with Crippen molar-refractivity contribution < 1.29 is 15.0 Å². The monoisotopic (exact) mass is 281 g/mol. The summed E-state index contributed by atoms with van der Waals surface area (Å²) >= 11 is 0. The third-order valence-electron chi connectivity index (χ3n) is 3.65. The fraction of sp³-hybridized carbons (Fsp3) is 0.500. The minimum atomic E-state index is -0.672. The lowest BCUT2D eigenvalue weighted by Crippen LogP contribution is -2.39. The van der Waals surface area contributed by atoms with Crippen molar-refractivity contribution in [1.82, 2.24) is 0 Å². The number of benzene rings is 1. The molecule has 1 aromatic carbocycles. The summed E-state index contributed by atoms with van der Waals surface area (Å²) in [4.78, 5) is 20.4.